The maximum absolute atomic E-state index is 9.50. The second kappa shape index (κ2) is 5.28. The van der Waals surface area contributed by atoms with Gasteiger partial charge >= 0.3 is 0 Å². The minimum Gasteiger partial charge on any atom is -0.395 e. The molecule has 2 aliphatic rings. The van der Waals surface area contributed by atoms with Crippen LogP contribution < -0.4 is 0 Å². The number of likely N-dealkylation sites (N-methyl/N-ethyl adjacent to an activating group) is 1. The van der Waals surface area contributed by atoms with Crippen LogP contribution in [0.25, 0.3) is 0 Å². The van der Waals surface area contributed by atoms with Gasteiger partial charge in [-0.25, -0.2) is 0 Å². The first kappa shape index (κ1) is 11.4. The van der Waals surface area contributed by atoms with Crippen molar-refractivity contribution in [3.05, 3.63) is 0 Å². The Balaban J connectivity index is 1.99. The molecule has 0 spiro atoms. The lowest BCUT2D eigenvalue weighted by atomic mass is 10.1. The van der Waals surface area contributed by atoms with Crippen LogP contribution in [0.1, 0.15) is 32.1 Å². The van der Waals surface area contributed by atoms with E-state index in [0.29, 0.717) is 12.6 Å². The van der Waals surface area contributed by atoms with Crippen molar-refractivity contribution in [1.29, 1.82) is 0 Å². The highest BCUT2D eigenvalue weighted by Gasteiger charge is 2.30. The summed E-state index contributed by atoms with van der Waals surface area (Å²) in [6.07, 6.45) is 6.72. The van der Waals surface area contributed by atoms with Gasteiger partial charge in [-0.1, -0.05) is 12.8 Å². The second-order valence-corrected chi connectivity index (χ2v) is 5.13. The molecule has 0 radical (unpaired) electrons. The number of rotatable bonds is 2. The number of aliphatic hydroxyl groups is 1. The van der Waals surface area contributed by atoms with Gasteiger partial charge in [-0.05, 0) is 32.9 Å². The summed E-state index contributed by atoms with van der Waals surface area (Å²) in [5.74, 6) is 0. The molecule has 1 heterocycles. The molecular formula is C12H24N2O. The Kier molecular flexibility index (Phi) is 4.00. The van der Waals surface area contributed by atoms with Crippen LogP contribution >= 0.6 is 0 Å². The van der Waals surface area contributed by atoms with Gasteiger partial charge in [0.2, 0.25) is 0 Å². The molecule has 0 amide bonds. The average Bonchev–Trinajstić information content (AvgIpc) is 2.68. The van der Waals surface area contributed by atoms with Gasteiger partial charge in [-0.2, -0.15) is 0 Å². The third-order valence-electron chi connectivity index (χ3n) is 3.95. The smallest absolute Gasteiger partial charge is 0.0599 e. The molecule has 1 saturated carbocycles. The SMILES string of the molecule is CN1CCCN(C2CCCC2)C(CO)C1. The molecule has 0 aromatic heterocycles. The van der Waals surface area contributed by atoms with E-state index in [1.807, 2.05) is 0 Å². The zero-order chi connectivity index (χ0) is 10.7. The zero-order valence-corrected chi connectivity index (χ0v) is 9.86. The third-order valence-corrected chi connectivity index (χ3v) is 3.95. The van der Waals surface area contributed by atoms with Crippen LogP contribution in [0.4, 0.5) is 0 Å². The van der Waals surface area contributed by atoms with E-state index in [-0.39, 0.29) is 0 Å². The number of aliphatic hydroxyl groups excluding tert-OH is 1. The Morgan fingerprint density at radius 3 is 2.53 bits per heavy atom. The lowest BCUT2D eigenvalue weighted by molar-refractivity contribution is 0.0823. The molecule has 3 nitrogen and oxygen atoms in total. The lowest BCUT2D eigenvalue weighted by Gasteiger charge is -2.34. The van der Waals surface area contributed by atoms with Gasteiger partial charge in [0.25, 0.3) is 0 Å². The van der Waals surface area contributed by atoms with Gasteiger partial charge in [-0.3, -0.25) is 4.90 Å². The minimum absolute atomic E-state index is 0.320. The van der Waals surface area contributed by atoms with Crippen LogP contribution in [0.2, 0.25) is 0 Å². The van der Waals surface area contributed by atoms with Gasteiger partial charge in [0.15, 0.2) is 0 Å². The topological polar surface area (TPSA) is 26.7 Å². The van der Waals surface area contributed by atoms with Crippen molar-refractivity contribution in [2.45, 2.75) is 44.2 Å². The summed E-state index contributed by atoms with van der Waals surface area (Å²) in [5, 5.41) is 9.50. The predicted octanol–water partition coefficient (Wildman–Crippen LogP) is 0.927. The molecule has 88 valence electrons. The highest BCUT2D eigenvalue weighted by Crippen LogP contribution is 2.26. The molecule has 1 aliphatic carbocycles. The molecule has 1 atom stereocenters. The van der Waals surface area contributed by atoms with Crippen LogP contribution in [-0.2, 0) is 0 Å². The van der Waals surface area contributed by atoms with Crippen molar-refractivity contribution < 1.29 is 5.11 Å². The first-order valence-electron chi connectivity index (χ1n) is 6.36. The normalized spacial score (nSPS) is 32.0. The van der Waals surface area contributed by atoms with Gasteiger partial charge in [0, 0.05) is 25.2 Å². The molecule has 1 aliphatic heterocycles. The fourth-order valence-corrected chi connectivity index (χ4v) is 3.14. The van der Waals surface area contributed by atoms with Crippen molar-refractivity contribution in [1.82, 2.24) is 9.80 Å². The summed E-state index contributed by atoms with van der Waals surface area (Å²) in [7, 11) is 2.17. The number of hydrogen-bond acceptors (Lipinski definition) is 3. The maximum atomic E-state index is 9.50. The largest absolute Gasteiger partial charge is 0.395 e. The molecule has 1 N–H and O–H groups in total. The molecule has 0 bridgehead atoms. The van der Waals surface area contributed by atoms with Crippen LogP contribution in [0.5, 0.6) is 0 Å². The summed E-state index contributed by atoms with van der Waals surface area (Å²) in [6, 6.07) is 1.13. The van der Waals surface area contributed by atoms with Crippen molar-refractivity contribution in [2.75, 3.05) is 33.3 Å². The van der Waals surface area contributed by atoms with E-state index < -0.39 is 0 Å². The van der Waals surface area contributed by atoms with Gasteiger partial charge in [-0.15, -0.1) is 0 Å². The molecule has 2 rings (SSSR count). The molecule has 1 saturated heterocycles. The van der Waals surface area contributed by atoms with Crippen molar-refractivity contribution in [2.24, 2.45) is 0 Å². The quantitative estimate of drug-likeness (QED) is 0.737. The first-order valence-corrected chi connectivity index (χ1v) is 6.36. The minimum atomic E-state index is 0.320. The summed E-state index contributed by atoms with van der Waals surface area (Å²) in [5.41, 5.74) is 0. The Bertz CT molecular complexity index is 192. The van der Waals surface area contributed by atoms with Crippen LogP contribution in [-0.4, -0.2) is 60.3 Å². The predicted molar refractivity (Wildman–Crippen MR) is 61.9 cm³/mol. The molecule has 3 heteroatoms. The Morgan fingerprint density at radius 1 is 1.13 bits per heavy atom. The average molecular weight is 212 g/mol. The Labute approximate surface area is 93.1 Å². The van der Waals surface area contributed by atoms with Gasteiger partial charge < -0.3 is 10.0 Å². The third kappa shape index (κ3) is 2.71. The molecular weight excluding hydrogens is 188 g/mol. The second-order valence-electron chi connectivity index (χ2n) is 5.13. The van der Waals surface area contributed by atoms with E-state index in [1.54, 1.807) is 0 Å². The van der Waals surface area contributed by atoms with E-state index in [9.17, 15) is 5.11 Å². The zero-order valence-electron chi connectivity index (χ0n) is 9.86. The van der Waals surface area contributed by atoms with Crippen LogP contribution in [0.3, 0.4) is 0 Å². The summed E-state index contributed by atoms with van der Waals surface area (Å²) >= 11 is 0. The first-order chi connectivity index (χ1) is 7.31. The van der Waals surface area contributed by atoms with E-state index in [1.165, 1.54) is 45.2 Å². The molecule has 1 unspecified atom stereocenters. The fourth-order valence-electron chi connectivity index (χ4n) is 3.14. The molecule has 0 aromatic carbocycles. The fraction of sp³-hybridized carbons (Fsp3) is 1.00. The summed E-state index contributed by atoms with van der Waals surface area (Å²) in [6.45, 7) is 3.72. The van der Waals surface area contributed by atoms with E-state index in [2.05, 4.69) is 16.8 Å². The van der Waals surface area contributed by atoms with E-state index >= 15 is 0 Å². The van der Waals surface area contributed by atoms with Crippen molar-refractivity contribution in [3.8, 4) is 0 Å². The Morgan fingerprint density at radius 2 is 1.87 bits per heavy atom. The standard InChI is InChI=1S/C12H24N2O/c1-13-7-4-8-14(12(9-13)10-15)11-5-2-3-6-11/h11-12,15H,2-10H2,1H3. The number of hydrogen-bond donors (Lipinski definition) is 1. The number of nitrogens with zero attached hydrogens (tertiary/aromatic N) is 2. The molecule has 2 fully saturated rings. The Hall–Kier alpha value is -0.120. The summed E-state index contributed by atoms with van der Waals surface area (Å²) < 4.78 is 0. The van der Waals surface area contributed by atoms with E-state index in [0.717, 1.165) is 12.6 Å². The molecule has 15 heavy (non-hydrogen) atoms. The maximum Gasteiger partial charge on any atom is 0.0599 e. The summed E-state index contributed by atoms with van der Waals surface area (Å²) in [4.78, 5) is 4.94. The monoisotopic (exact) mass is 212 g/mol. The van der Waals surface area contributed by atoms with Crippen LogP contribution in [0, 0.1) is 0 Å². The lowest BCUT2D eigenvalue weighted by Crippen LogP contribution is -2.47. The van der Waals surface area contributed by atoms with Gasteiger partial charge in [0.1, 0.15) is 0 Å². The van der Waals surface area contributed by atoms with E-state index in [4.69, 9.17) is 0 Å². The van der Waals surface area contributed by atoms with Crippen molar-refractivity contribution in [3.63, 3.8) is 0 Å². The highest BCUT2D eigenvalue weighted by molar-refractivity contribution is 4.86. The van der Waals surface area contributed by atoms with Crippen LogP contribution in [0.15, 0.2) is 0 Å². The van der Waals surface area contributed by atoms with Crippen molar-refractivity contribution >= 4 is 0 Å². The molecule has 0 aromatic rings. The van der Waals surface area contributed by atoms with Gasteiger partial charge in [0.05, 0.1) is 6.61 Å². The highest BCUT2D eigenvalue weighted by atomic mass is 16.3.